The largest absolute Gasteiger partial charge is 0.354 e. The van der Waals surface area contributed by atoms with Crippen LogP contribution in [0.5, 0.6) is 0 Å². The summed E-state index contributed by atoms with van der Waals surface area (Å²) in [6.45, 7) is 7.53. The standard InChI is InChI=1S/C17H30N6O2S.HI/c1-4-15-21-16-6-5-14(10-23(16)22-15)20-17(19-12(2)3)18-9-13-7-8-26(24,25)11-13;/h12-14H,4-11H2,1-3H3,(H2,18,19,20);1H. The van der Waals surface area contributed by atoms with E-state index in [1.54, 1.807) is 0 Å². The molecule has 1 saturated heterocycles. The highest BCUT2D eigenvalue weighted by Crippen LogP contribution is 2.18. The van der Waals surface area contributed by atoms with E-state index in [9.17, 15) is 8.42 Å². The van der Waals surface area contributed by atoms with Crippen molar-refractivity contribution >= 4 is 39.8 Å². The Bertz CT molecular complexity index is 761. The molecule has 2 atom stereocenters. The maximum Gasteiger partial charge on any atom is 0.191 e. The van der Waals surface area contributed by atoms with Crippen LogP contribution in [0.2, 0.25) is 0 Å². The zero-order valence-corrected chi connectivity index (χ0v) is 19.5. The van der Waals surface area contributed by atoms with Crippen LogP contribution >= 0.6 is 24.0 Å². The van der Waals surface area contributed by atoms with Crippen LogP contribution in [0, 0.1) is 5.92 Å². The number of guanidine groups is 1. The molecule has 2 N–H and O–H groups in total. The van der Waals surface area contributed by atoms with Crippen molar-refractivity contribution in [3.8, 4) is 0 Å². The van der Waals surface area contributed by atoms with Gasteiger partial charge in [0.25, 0.3) is 0 Å². The molecule has 0 aliphatic carbocycles. The molecule has 2 aliphatic heterocycles. The van der Waals surface area contributed by atoms with Gasteiger partial charge in [0.1, 0.15) is 5.82 Å². The molecule has 10 heteroatoms. The fourth-order valence-electron chi connectivity index (χ4n) is 3.46. The number of aliphatic imine (C=N–C) groups is 1. The summed E-state index contributed by atoms with van der Waals surface area (Å²) in [7, 11) is -2.86. The Balaban J connectivity index is 0.00000261. The Morgan fingerprint density at radius 3 is 2.78 bits per heavy atom. The molecule has 0 saturated carbocycles. The molecule has 0 radical (unpaired) electrons. The topological polar surface area (TPSA) is 101 Å². The first kappa shape index (κ1) is 22.4. The molecular weight excluding hydrogens is 479 g/mol. The van der Waals surface area contributed by atoms with Gasteiger partial charge in [0.2, 0.25) is 0 Å². The minimum absolute atomic E-state index is 0. The summed E-state index contributed by atoms with van der Waals surface area (Å²) >= 11 is 0. The van der Waals surface area contributed by atoms with Crippen molar-refractivity contribution in [3.05, 3.63) is 11.6 Å². The fourth-order valence-corrected chi connectivity index (χ4v) is 5.31. The van der Waals surface area contributed by atoms with Gasteiger partial charge in [0.15, 0.2) is 21.6 Å². The lowest BCUT2D eigenvalue weighted by Gasteiger charge is -2.26. The van der Waals surface area contributed by atoms with E-state index in [1.165, 1.54) is 0 Å². The number of hydrogen-bond donors (Lipinski definition) is 2. The van der Waals surface area contributed by atoms with Crippen molar-refractivity contribution in [2.45, 2.75) is 65.1 Å². The van der Waals surface area contributed by atoms with Crippen LogP contribution < -0.4 is 10.6 Å². The molecule has 1 aromatic rings. The van der Waals surface area contributed by atoms with E-state index in [-0.39, 0.29) is 47.7 Å². The highest BCUT2D eigenvalue weighted by molar-refractivity contribution is 14.0. The normalized spacial score (nSPS) is 24.4. The van der Waals surface area contributed by atoms with Crippen molar-refractivity contribution < 1.29 is 8.42 Å². The van der Waals surface area contributed by atoms with Crippen molar-refractivity contribution in [3.63, 3.8) is 0 Å². The number of rotatable bonds is 5. The molecule has 0 bridgehead atoms. The Hall–Kier alpha value is -0.910. The number of aromatic nitrogens is 3. The average molecular weight is 510 g/mol. The van der Waals surface area contributed by atoms with Gasteiger partial charge in [-0.25, -0.2) is 18.1 Å². The first-order valence-corrected chi connectivity index (χ1v) is 11.4. The zero-order chi connectivity index (χ0) is 18.7. The van der Waals surface area contributed by atoms with Crippen molar-refractivity contribution in [2.75, 3.05) is 18.1 Å². The second-order valence-corrected chi connectivity index (χ2v) is 9.85. The van der Waals surface area contributed by atoms with Crippen LogP contribution in [0.25, 0.3) is 0 Å². The van der Waals surface area contributed by atoms with Crippen LogP contribution in [-0.4, -0.2) is 59.3 Å². The molecule has 1 fully saturated rings. The fraction of sp³-hybridized carbons (Fsp3) is 0.824. The van der Waals surface area contributed by atoms with E-state index in [2.05, 4.69) is 46.5 Å². The lowest BCUT2D eigenvalue weighted by atomic mass is 10.1. The van der Waals surface area contributed by atoms with Gasteiger partial charge in [-0.05, 0) is 32.6 Å². The van der Waals surface area contributed by atoms with Gasteiger partial charge in [-0.2, -0.15) is 5.10 Å². The Kier molecular flexibility index (Phi) is 7.90. The quantitative estimate of drug-likeness (QED) is 0.350. The summed E-state index contributed by atoms with van der Waals surface area (Å²) in [6.07, 6.45) is 3.45. The number of nitrogens with one attached hydrogen (secondary N) is 2. The number of hydrogen-bond acceptors (Lipinski definition) is 5. The third-order valence-corrected chi connectivity index (χ3v) is 6.66. The van der Waals surface area contributed by atoms with Gasteiger partial charge in [0, 0.05) is 31.5 Å². The van der Waals surface area contributed by atoms with Gasteiger partial charge in [-0.3, -0.25) is 4.99 Å². The molecule has 2 unspecified atom stereocenters. The van der Waals surface area contributed by atoms with E-state index < -0.39 is 9.84 Å². The SMILES string of the molecule is CCc1nc2n(n1)CC(NC(=NCC1CCS(=O)(=O)C1)NC(C)C)CC2.I. The molecular formula is C17H31IN6O2S. The number of aryl methyl sites for hydroxylation is 2. The van der Waals surface area contributed by atoms with Crippen molar-refractivity contribution in [2.24, 2.45) is 10.9 Å². The maximum absolute atomic E-state index is 11.6. The van der Waals surface area contributed by atoms with E-state index >= 15 is 0 Å². The Morgan fingerprint density at radius 2 is 2.15 bits per heavy atom. The first-order valence-electron chi connectivity index (χ1n) is 9.55. The summed E-state index contributed by atoms with van der Waals surface area (Å²) < 4.78 is 25.3. The molecule has 0 spiro atoms. The molecule has 0 aromatic carbocycles. The number of halogens is 1. The lowest BCUT2D eigenvalue weighted by Crippen LogP contribution is -2.49. The average Bonchev–Trinajstić information content (AvgIpc) is 3.14. The molecule has 3 heterocycles. The minimum Gasteiger partial charge on any atom is -0.354 e. The summed E-state index contributed by atoms with van der Waals surface area (Å²) in [5.74, 6) is 3.41. The number of sulfone groups is 1. The van der Waals surface area contributed by atoms with Gasteiger partial charge in [-0.1, -0.05) is 6.92 Å². The van der Waals surface area contributed by atoms with E-state index in [4.69, 9.17) is 0 Å². The van der Waals surface area contributed by atoms with Gasteiger partial charge < -0.3 is 10.6 Å². The highest BCUT2D eigenvalue weighted by atomic mass is 127. The Morgan fingerprint density at radius 1 is 1.37 bits per heavy atom. The molecule has 1 aromatic heterocycles. The van der Waals surface area contributed by atoms with Crippen molar-refractivity contribution in [1.82, 2.24) is 25.4 Å². The third-order valence-electron chi connectivity index (χ3n) is 4.82. The van der Waals surface area contributed by atoms with Crippen molar-refractivity contribution in [1.29, 1.82) is 0 Å². The van der Waals surface area contributed by atoms with Crippen LogP contribution in [-0.2, 0) is 29.2 Å². The van der Waals surface area contributed by atoms with Gasteiger partial charge in [-0.15, -0.1) is 24.0 Å². The number of nitrogens with zero attached hydrogens (tertiary/aromatic N) is 4. The number of fused-ring (bicyclic) bond motifs is 1. The summed E-state index contributed by atoms with van der Waals surface area (Å²) in [5, 5.41) is 11.4. The maximum atomic E-state index is 11.6. The lowest BCUT2D eigenvalue weighted by molar-refractivity contribution is 0.390. The van der Waals surface area contributed by atoms with Crippen LogP contribution in [0.4, 0.5) is 0 Å². The zero-order valence-electron chi connectivity index (χ0n) is 16.3. The third kappa shape index (κ3) is 6.30. The first-order chi connectivity index (χ1) is 12.3. The molecule has 8 nitrogen and oxygen atoms in total. The minimum atomic E-state index is -2.86. The summed E-state index contributed by atoms with van der Waals surface area (Å²) in [5.41, 5.74) is 0. The monoisotopic (exact) mass is 510 g/mol. The predicted octanol–water partition coefficient (Wildman–Crippen LogP) is 1.15. The Labute approximate surface area is 178 Å². The second kappa shape index (κ2) is 9.53. The van der Waals surface area contributed by atoms with Gasteiger partial charge in [0.05, 0.1) is 18.1 Å². The van der Waals surface area contributed by atoms with E-state index in [1.807, 2.05) is 4.68 Å². The predicted molar refractivity (Wildman–Crippen MR) is 117 cm³/mol. The van der Waals surface area contributed by atoms with Crippen LogP contribution in [0.1, 0.15) is 45.3 Å². The second-order valence-electron chi connectivity index (χ2n) is 7.62. The van der Waals surface area contributed by atoms with Crippen LogP contribution in [0.3, 0.4) is 0 Å². The van der Waals surface area contributed by atoms with E-state index in [0.717, 1.165) is 43.4 Å². The highest BCUT2D eigenvalue weighted by Gasteiger charge is 2.28. The summed E-state index contributed by atoms with van der Waals surface area (Å²) in [6, 6.07) is 0.497. The molecule has 154 valence electrons. The summed E-state index contributed by atoms with van der Waals surface area (Å²) in [4.78, 5) is 9.22. The van der Waals surface area contributed by atoms with Crippen LogP contribution in [0.15, 0.2) is 4.99 Å². The molecule has 2 aliphatic rings. The van der Waals surface area contributed by atoms with Gasteiger partial charge >= 0.3 is 0 Å². The molecule has 0 amide bonds. The smallest absolute Gasteiger partial charge is 0.191 e. The van der Waals surface area contributed by atoms with E-state index in [0.29, 0.717) is 18.7 Å². The molecule has 3 rings (SSSR count). The molecule has 27 heavy (non-hydrogen) atoms.